The molecule has 7 nitrogen and oxygen atoms in total. The number of hydrogen-bond acceptors (Lipinski definition) is 6. The maximum absolute atomic E-state index is 13.6. The molecular formula is C18H25F2N3O4. The summed E-state index contributed by atoms with van der Waals surface area (Å²) in [5.41, 5.74) is 4.39. The quantitative estimate of drug-likeness (QED) is 0.770. The molecule has 27 heavy (non-hydrogen) atoms. The van der Waals surface area contributed by atoms with E-state index in [0.29, 0.717) is 0 Å². The van der Waals surface area contributed by atoms with Crippen molar-refractivity contribution in [2.45, 2.75) is 63.4 Å². The van der Waals surface area contributed by atoms with E-state index < -0.39 is 41.8 Å². The second-order valence-electron chi connectivity index (χ2n) is 7.69. The highest BCUT2D eigenvalue weighted by Gasteiger charge is 2.50. The lowest BCUT2D eigenvalue weighted by Crippen LogP contribution is -2.44. The topological polar surface area (TPSA) is 104 Å². The van der Waals surface area contributed by atoms with Crippen LogP contribution in [0.3, 0.4) is 0 Å². The number of hydrogen-bond donors (Lipinski definition) is 2. The summed E-state index contributed by atoms with van der Waals surface area (Å²) in [6.07, 6.45) is -1.79. The van der Waals surface area contributed by atoms with E-state index in [4.69, 9.17) is 15.2 Å². The number of amides is 1. The Balaban J connectivity index is 2.28. The summed E-state index contributed by atoms with van der Waals surface area (Å²) in [6, 6.07) is 2.96. The van der Waals surface area contributed by atoms with Gasteiger partial charge >= 0.3 is 12.1 Å². The van der Waals surface area contributed by atoms with Crippen LogP contribution in [0.15, 0.2) is 12.1 Å². The molecule has 9 heteroatoms. The molecule has 1 aliphatic carbocycles. The fourth-order valence-corrected chi connectivity index (χ4v) is 3.06. The van der Waals surface area contributed by atoms with Crippen molar-refractivity contribution in [1.82, 2.24) is 4.98 Å². The lowest BCUT2D eigenvalue weighted by Gasteiger charge is -2.37. The Morgan fingerprint density at radius 1 is 1.19 bits per heavy atom. The number of halogens is 2. The van der Waals surface area contributed by atoms with Crippen molar-refractivity contribution in [2.75, 3.05) is 18.2 Å². The predicted molar refractivity (Wildman–Crippen MR) is 95.6 cm³/mol. The van der Waals surface area contributed by atoms with Crippen LogP contribution in [0.1, 0.15) is 52.1 Å². The highest BCUT2D eigenvalue weighted by atomic mass is 19.3. The van der Waals surface area contributed by atoms with Gasteiger partial charge in [-0.2, -0.15) is 0 Å². The van der Waals surface area contributed by atoms with Gasteiger partial charge in [0.1, 0.15) is 16.8 Å². The van der Waals surface area contributed by atoms with Gasteiger partial charge in [0.25, 0.3) is 0 Å². The van der Waals surface area contributed by atoms with Crippen LogP contribution in [0, 0.1) is 0 Å². The number of nitrogens with two attached hydrogens (primary N) is 1. The molecule has 2 rings (SSSR count). The number of carbonyl (C=O) groups is 2. The van der Waals surface area contributed by atoms with Gasteiger partial charge in [0.2, 0.25) is 5.92 Å². The Kier molecular flexibility index (Phi) is 5.63. The monoisotopic (exact) mass is 385 g/mol. The van der Waals surface area contributed by atoms with Crippen molar-refractivity contribution < 1.29 is 27.8 Å². The van der Waals surface area contributed by atoms with Crippen molar-refractivity contribution in [1.29, 1.82) is 0 Å². The number of nitrogen functional groups attached to an aromatic ring is 1. The zero-order valence-corrected chi connectivity index (χ0v) is 15.9. The largest absolute Gasteiger partial charge is 0.468 e. The third kappa shape index (κ3) is 4.84. The Labute approximate surface area is 156 Å². The van der Waals surface area contributed by atoms with Crippen LogP contribution in [0.25, 0.3) is 0 Å². The number of carbonyl (C=O) groups excluding carboxylic acids is 2. The lowest BCUT2D eigenvalue weighted by molar-refractivity contribution is -0.153. The van der Waals surface area contributed by atoms with E-state index in [1.807, 2.05) is 0 Å². The molecule has 0 unspecified atom stereocenters. The maximum Gasteiger partial charge on any atom is 0.412 e. The molecular weight excluding hydrogens is 360 g/mol. The van der Waals surface area contributed by atoms with Gasteiger partial charge in [-0.3, -0.25) is 10.1 Å². The maximum atomic E-state index is 13.6. The number of esters is 1. The van der Waals surface area contributed by atoms with E-state index in [1.54, 1.807) is 20.8 Å². The van der Waals surface area contributed by atoms with Crippen LogP contribution >= 0.6 is 0 Å². The number of ether oxygens (including phenoxy) is 2. The number of alkyl halides is 2. The Morgan fingerprint density at radius 2 is 1.78 bits per heavy atom. The molecule has 1 aromatic heterocycles. The molecule has 0 saturated heterocycles. The zero-order valence-electron chi connectivity index (χ0n) is 15.9. The van der Waals surface area contributed by atoms with Crippen LogP contribution in [-0.4, -0.2) is 35.7 Å². The first-order valence-corrected chi connectivity index (χ1v) is 8.62. The van der Waals surface area contributed by atoms with Gasteiger partial charge in [-0.25, -0.2) is 18.6 Å². The number of aromatic nitrogens is 1. The first-order valence-electron chi connectivity index (χ1n) is 8.62. The van der Waals surface area contributed by atoms with E-state index in [2.05, 4.69) is 10.3 Å². The van der Waals surface area contributed by atoms with Crippen LogP contribution in [0.4, 0.5) is 25.1 Å². The molecule has 0 radical (unpaired) electrons. The molecule has 0 spiro atoms. The fourth-order valence-electron chi connectivity index (χ4n) is 3.06. The standard InChI is InChI=1S/C18H25F2N3O4/c1-16(2,3)27-15(25)22-11-5-6-12(23-13(11)21)17(14(24)26-4)7-9-18(19,20)10-8-17/h5-6H,7-10H2,1-4H3,(H2,21,23)(H,22,25). The van der Waals surface area contributed by atoms with Gasteiger partial charge in [0, 0.05) is 12.8 Å². The molecule has 1 saturated carbocycles. The summed E-state index contributed by atoms with van der Waals surface area (Å²) in [4.78, 5) is 28.5. The number of methoxy groups -OCH3 is 1. The molecule has 1 heterocycles. The van der Waals surface area contributed by atoms with Gasteiger partial charge in [-0.1, -0.05) is 0 Å². The second-order valence-corrected chi connectivity index (χ2v) is 7.69. The van der Waals surface area contributed by atoms with Crippen molar-refractivity contribution in [3.05, 3.63) is 17.8 Å². The highest BCUT2D eigenvalue weighted by Crippen LogP contribution is 2.46. The van der Waals surface area contributed by atoms with E-state index in [-0.39, 0.29) is 30.0 Å². The normalized spacial score (nSPS) is 18.4. The van der Waals surface area contributed by atoms with E-state index in [9.17, 15) is 18.4 Å². The second kappa shape index (κ2) is 7.28. The minimum Gasteiger partial charge on any atom is -0.468 e. The van der Waals surface area contributed by atoms with Gasteiger partial charge in [-0.15, -0.1) is 0 Å². The number of nitrogens with one attached hydrogen (secondary N) is 1. The molecule has 0 aliphatic heterocycles. The summed E-state index contributed by atoms with van der Waals surface area (Å²) in [5, 5.41) is 2.48. The Bertz CT molecular complexity index is 722. The molecule has 1 aromatic rings. The summed E-state index contributed by atoms with van der Waals surface area (Å²) in [5.74, 6) is -3.49. The summed E-state index contributed by atoms with van der Waals surface area (Å²) < 4.78 is 37.2. The molecule has 1 aliphatic rings. The van der Waals surface area contributed by atoms with Crippen LogP contribution in [0.5, 0.6) is 0 Å². The van der Waals surface area contributed by atoms with Gasteiger partial charge in [0.15, 0.2) is 0 Å². The SMILES string of the molecule is COC(=O)C1(c2ccc(NC(=O)OC(C)(C)C)c(N)n2)CCC(F)(F)CC1. The number of pyridine rings is 1. The average molecular weight is 385 g/mol. The van der Waals surface area contributed by atoms with Crippen molar-refractivity contribution in [3.63, 3.8) is 0 Å². The third-order valence-corrected chi connectivity index (χ3v) is 4.46. The lowest BCUT2D eigenvalue weighted by atomic mass is 9.70. The van der Waals surface area contributed by atoms with Crippen molar-refractivity contribution in [3.8, 4) is 0 Å². The number of anilines is 2. The van der Waals surface area contributed by atoms with Crippen molar-refractivity contribution >= 4 is 23.6 Å². The van der Waals surface area contributed by atoms with Crippen LogP contribution in [0.2, 0.25) is 0 Å². The molecule has 3 N–H and O–H groups in total. The smallest absolute Gasteiger partial charge is 0.412 e. The summed E-state index contributed by atoms with van der Waals surface area (Å²) >= 11 is 0. The molecule has 0 bridgehead atoms. The number of rotatable bonds is 3. The first-order chi connectivity index (χ1) is 12.4. The molecule has 0 aromatic carbocycles. The Morgan fingerprint density at radius 3 is 2.26 bits per heavy atom. The average Bonchev–Trinajstić information content (AvgIpc) is 2.55. The zero-order chi connectivity index (χ0) is 20.5. The summed E-state index contributed by atoms with van der Waals surface area (Å²) in [7, 11) is 1.21. The minimum absolute atomic E-state index is 0.0426. The minimum atomic E-state index is -2.82. The molecule has 150 valence electrons. The van der Waals surface area contributed by atoms with E-state index >= 15 is 0 Å². The highest BCUT2D eigenvalue weighted by molar-refractivity contribution is 5.89. The number of nitrogens with zero attached hydrogens (tertiary/aromatic N) is 1. The predicted octanol–water partition coefficient (Wildman–Crippen LogP) is 3.63. The molecule has 0 atom stereocenters. The van der Waals surface area contributed by atoms with Gasteiger partial charge in [0.05, 0.1) is 18.5 Å². The Hall–Kier alpha value is -2.45. The molecule has 1 fully saturated rings. The first kappa shape index (κ1) is 20.9. The molecule has 1 amide bonds. The van der Waals surface area contributed by atoms with Gasteiger partial charge in [-0.05, 0) is 45.7 Å². The van der Waals surface area contributed by atoms with Gasteiger partial charge < -0.3 is 15.2 Å². The summed E-state index contributed by atoms with van der Waals surface area (Å²) in [6.45, 7) is 5.16. The third-order valence-electron chi connectivity index (χ3n) is 4.46. The fraction of sp³-hybridized carbons (Fsp3) is 0.611. The van der Waals surface area contributed by atoms with E-state index in [1.165, 1.54) is 19.2 Å². The van der Waals surface area contributed by atoms with Crippen LogP contribution in [-0.2, 0) is 19.7 Å². The van der Waals surface area contributed by atoms with Crippen LogP contribution < -0.4 is 11.1 Å². The van der Waals surface area contributed by atoms with E-state index in [0.717, 1.165) is 0 Å². The van der Waals surface area contributed by atoms with Crippen molar-refractivity contribution in [2.24, 2.45) is 0 Å².